The van der Waals surface area contributed by atoms with Crippen LogP contribution in [-0.4, -0.2) is 22.2 Å². The van der Waals surface area contributed by atoms with E-state index in [1.165, 1.54) is 22.6 Å². The Morgan fingerprint density at radius 2 is 1.85 bits per heavy atom. The Hall–Kier alpha value is -0.790. The molecule has 1 aromatic rings. The zero-order chi connectivity index (χ0) is 19.5. The third-order valence-corrected chi connectivity index (χ3v) is 6.38. The summed E-state index contributed by atoms with van der Waals surface area (Å²) in [7, 11) is 0. The van der Waals surface area contributed by atoms with E-state index >= 15 is 0 Å². The van der Waals surface area contributed by atoms with E-state index in [0.717, 1.165) is 18.4 Å². The second-order valence-electron chi connectivity index (χ2n) is 7.87. The predicted molar refractivity (Wildman–Crippen MR) is 104 cm³/mol. The Labute approximate surface area is 167 Å². The largest absolute Gasteiger partial charge is 0.461 e. The molecule has 2 nitrogen and oxygen atoms in total. The maximum Gasteiger partial charge on any atom is 0.390 e. The Bertz CT molecular complexity index is 601. The lowest BCUT2D eigenvalue weighted by molar-refractivity contribution is -0.164. The topological polar surface area (TPSA) is 26.3 Å². The Balaban J connectivity index is 2.16. The van der Waals surface area contributed by atoms with Crippen molar-refractivity contribution in [2.24, 2.45) is 11.8 Å². The minimum absolute atomic E-state index is 0.0829. The zero-order valence-electron chi connectivity index (χ0n) is 15.4. The summed E-state index contributed by atoms with van der Waals surface area (Å²) in [5.74, 6) is -0.277. The van der Waals surface area contributed by atoms with E-state index in [1.54, 1.807) is 0 Å². The quantitative estimate of drug-likeness (QED) is 0.290. The van der Waals surface area contributed by atoms with Crippen LogP contribution in [-0.2, 0) is 14.9 Å². The minimum atomic E-state index is -4.37. The van der Waals surface area contributed by atoms with E-state index in [1.807, 2.05) is 18.2 Å². The van der Waals surface area contributed by atoms with Gasteiger partial charge in [-0.05, 0) is 29.7 Å². The maximum absolute atomic E-state index is 12.6. The van der Waals surface area contributed by atoms with E-state index < -0.39 is 22.5 Å². The smallest absolute Gasteiger partial charge is 0.390 e. The minimum Gasteiger partial charge on any atom is -0.461 e. The summed E-state index contributed by atoms with van der Waals surface area (Å²) < 4.78 is 42.2. The van der Waals surface area contributed by atoms with Crippen LogP contribution in [0.15, 0.2) is 30.3 Å². The fraction of sp³-hybridized carbons (Fsp3) is 0.650. The number of hydrogen-bond acceptors (Lipinski definition) is 2. The molecule has 1 aliphatic rings. The number of ether oxygens (including phenoxy) is 1. The van der Waals surface area contributed by atoms with Crippen LogP contribution < -0.4 is 0 Å². The third-order valence-electron chi connectivity index (χ3n) is 5.43. The van der Waals surface area contributed by atoms with Gasteiger partial charge in [-0.3, -0.25) is 4.79 Å². The molecular weight excluding hydrogens is 456 g/mol. The van der Waals surface area contributed by atoms with Crippen LogP contribution in [0.3, 0.4) is 0 Å². The Morgan fingerprint density at radius 3 is 2.42 bits per heavy atom. The van der Waals surface area contributed by atoms with Crippen molar-refractivity contribution in [2.45, 2.75) is 68.1 Å². The molecule has 0 radical (unpaired) electrons. The average Bonchev–Trinajstić information content (AvgIpc) is 2.54. The third kappa shape index (κ3) is 5.60. The van der Waals surface area contributed by atoms with Crippen LogP contribution in [0.2, 0.25) is 0 Å². The standard InChI is InChI=1S/C20H26F3IO2/c1-13-9-10-15(19(2,3)14-7-5-4-6-8-14)17(11-13)26-18(25)16(24)12-20(21,22)23/h4-8,13,15-17H,9-12H2,1-3H3/t13-,15-,16?,17-/m1/s1. The highest BCUT2D eigenvalue weighted by atomic mass is 127. The van der Waals surface area contributed by atoms with Crippen LogP contribution in [0.25, 0.3) is 0 Å². The van der Waals surface area contributed by atoms with E-state index in [9.17, 15) is 18.0 Å². The van der Waals surface area contributed by atoms with Crippen molar-refractivity contribution >= 4 is 28.6 Å². The molecule has 0 bridgehead atoms. The molecule has 0 amide bonds. The Kier molecular flexibility index (Phi) is 7.02. The van der Waals surface area contributed by atoms with Crippen molar-refractivity contribution in [3.05, 3.63) is 35.9 Å². The molecule has 1 saturated carbocycles. The van der Waals surface area contributed by atoms with Crippen LogP contribution >= 0.6 is 22.6 Å². The van der Waals surface area contributed by atoms with E-state index in [0.29, 0.717) is 12.3 Å². The van der Waals surface area contributed by atoms with Gasteiger partial charge in [0.15, 0.2) is 0 Å². The second-order valence-corrected chi connectivity index (χ2v) is 9.38. The van der Waals surface area contributed by atoms with Crippen molar-refractivity contribution < 1.29 is 22.7 Å². The molecule has 1 aliphatic carbocycles. The average molecular weight is 482 g/mol. The fourth-order valence-electron chi connectivity index (χ4n) is 3.88. The number of carbonyl (C=O) groups is 1. The lowest BCUT2D eigenvalue weighted by Crippen LogP contribution is -2.44. The molecule has 146 valence electrons. The Morgan fingerprint density at radius 1 is 1.23 bits per heavy atom. The van der Waals surface area contributed by atoms with E-state index in [-0.39, 0.29) is 17.4 Å². The molecule has 4 atom stereocenters. The number of halogens is 4. The van der Waals surface area contributed by atoms with Gasteiger partial charge in [-0.25, -0.2) is 0 Å². The zero-order valence-corrected chi connectivity index (χ0v) is 17.5. The van der Waals surface area contributed by atoms with E-state index in [2.05, 4.69) is 32.9 Å². The normalized spacial score (nSPS) is 25.6. The molecular formula is C20H26F3IO2. The van der Waals surface area contributed by atoms with Crippen molar-refractivity contribution in [2.75, 3.05) is 0 Å². The number of alkyl halides is 4. The number of hydrogen-bond donors (Lipinski definition) is 0. The summed E-state index contributed by atoms with van der Waals surface area (Å²) >= 11 is 1.54. The molecule has 0 aliphatic heterocycles. The number of esters is 1. The first-order valence-corrected chi connectivity index (χ1v) is 10.2. The molecule has 0 heterocycles. The van der Waals surface area contributed by atoms with Gasteiger partial charge in [0.1, 0.15) is 10.0 Å². The van der Waals surface area contributed by atoms with Crippen molar-refractivity contribution in [1.29, 1.82) is 0 Å². The summed E-state index contributed by atoms with van der Waals surface area (Å²) in [5.41, 5.74) is 0.929. The molecule has 1 fully saturated rings. The highest BCUT2D eigenvalue weighted by Gasteiger charge is 2.43. The lowest BCUT2D eigenvalue weighted by Gasteiger charge is -2.44. The molecule has 0 saturated heterocycles. The van der Waals surface area contributed by atoms with Crippen molar-refractivity contribution in [1.82, 2.24) is 0 Å². The van der Waals surface area contributed by atoms with Gasteiger partial charge in [0.2, 0.25) is 0 Å². The van der Waals surface area contributed by atoms with Crippen LogP contribution in [0, 0.1) is 11.8 Å². The molecule has 2 rings (SSSR count). The second kappa shape index (κ2) is 8.48. The van der Waals surface area contributed by atoms with Crippen molar-refractivity contribution in [3.63, 3.8) is 0 Å². The first-order chi connectivity index (χ1) is 12.0. The van der Waals surface area contributed by atoms with Gasteiger partial charge in [-0.2, -0.15) is 13.2 Å². The monoisotopic (exact) mass is 482 g/mol. The highest BCUT2D eigenvalue weighted by Crippen LogP contribution is 2.44. The highest BCUT2D eigenvalue weighted by molar-refractivity contribution is 14.1. The molecule has 1 unspecified atom stereocenters. The van der Waals surface area contributed by atoms with Crippen LogP contribution in [0.4, 0.5) is 13.2 Å². The van der Waals surface area contributed by atoms with Crippen LogP contribution in [0.1, 0.15) is 52.0 Å². The summed E-state index contributed by atoms with van der Waals surface area (Å²) in [6.07, 6.45) is -3.25. The summed E-state index contributed by atoms with van der Waals surface area (Å²) in [4.78, 5) is 12.3. The molecule has 6 heteroatoms. The lowest BCUT2D eigenvalue weighted by atomic mass is 9.64. The van der Waals surface area contributed by atoms with Gasteiger partial charge >= 0.3 is 12.1 Å². The summed E-state index contributed by atoms with van der Waals surface area (Å²) in [5, 5.41) is 0. The molecule has 26 heavy (non-hydrogen) atoms. The fourth-order valence-corrected chi connectivity index (χ4v) is 4.52. The van der Waals surface area contributed by atoms with E-state index in [4.69, 9.17) is 4.74 Å². The number of benzene rings is 1. The molecule has 0 N–H and O–H groups in total. The molecule has 0 spiro atoms. The van der Waals surface area contributed by atoms with Crippen molar-refractivity contribution in [3.8, 4) is 0 Å². The first-order valence-electron chi connectivity index (χ1n) is 8.97. The van der Waals surface area contributed by atoms with Gasteiger partial charge in [-0.15, -0.1) is 0 Å². The van der Waals surface area contributed by atoms with Gasteiger partial charge in [0.25, 0.3) is 0 Å². The number of rotatable bonds is 5. The molecule has 0 aromatic heterocycles. The molecule has 1 aromatic carbocycles. The number of carbonyl (C=O) groups excluding carboxylic acids is 1. The van der Waals surface area contributed by atoms with Gasteiger partial charge in [0, 0.05) is 5.92 Å². The maximum atomic E-state index is 12.6. The SMILES string of the molecule is C[C@@H]1CC[C@@H](C(C)(C)c2ccccc2)[C@H](OC(=O)C(I)CC(F)(F)F)C1. The van der Waals surface area contributed by atoms with Gasteiger partial charge < -0.3 is 4.74 Å². The summed E-state index contributed by atoms with van der Waals surface area (Å²) in [6, 6.07) is 10.0. The van der Waals surface area contributed by atoms with Crippen LogP contribution in [0.5, 0.6) is 0 Å². The summed E-state index contributed by atoms with van der Waals surface area (Å²) in [6.45, 7) is 6.35. The van der Waals surface area contributed by atoms with Gasteiger partial charge in [-0.1, -0.05) is 80.1 Å². The predicted octanol–water partition coefficient (Wildman–Crippen LogP) is 6.07. The van der Waals surface area contributed by atoms with Gasteiger partial charge in [0.05, 0.1) is 6.42 Å². The first kappa shape index (κ1) is 21.5.